The fraction of sp³-hybridized carbons (Fsp3) is 0.333. The lowest BCUT2D eigenvalue weighted by molar-refractivity contribution is -0.120. The molecule has 1 atom stereocenters. The standard InChI is InChI=1S/C30H35Cl2N5O4S/c1-3-37(4-2)29(39)35-21-12-14-22(15-13-21)42(40,41)26-19-20(31)18-24-27(26)36-28(38)30(24,34-17-9-5-8-16-33)23-10-6-7-11-25(23)32/h6-7,10-15,18-19,34H,3-5,8-9,16-17,33H2,1-2H3,(H,35,39)(H,36,38). The minimum Gasteiger partial charge on any atom is -0.330 e. The number of nitrogens with one attached hydrogen (secondary N) is 3. The lowest BCUT2D eigenvalue weighted by Gasteiger charge is -2.30. The van der Waals surface area contributed by atoms with Crippen LogP contribution in [0.4, 0.5) is 16.2 Å². The number of sulfone groups is 1. The normalized spacial score (nSPS) is 16.2. The smallest absolute Gasteiger partial charge is 0.321 e. The van der Waals surface area contributed by atoms with Gasteiger partial charge in [0.1, 0.15) is 0 Å². The number of rotatable bonds is 12. The quantitative estimate of drug-likeness (QED) is 0.192. The molecular formula is C30H35Cl2N5O4S. The highest BCUT2D eigenvalue weighted by Gasteiger charge is 2.51. The van der Waals surface area contributed by atoms with E-state index in [2.05, 4.69) is 16.0 Å². The predicted octanol–water partition coefficient (Wildman–Crippen LogP) is 5.61. The number of carbonyl (C=O) groups excluding carboxylic acids is 2. The van der Waals surface area contributed by atoms with E-state index in [0.29, 0.717) is 48.0 Å². The Bertz CT molecular complexity index is 1560. The maximum atomic E-state index is 14.0. The van der Waals surface area contributed by atoms with Gasteiger partial charge in [-0.2, -0.15) is 0 Å². The van der Waals surface area contributed by atoms with Crippen molar-refractivity contribution < 1.29 is 18.0 Å². The monoisotopic (exact) mass is 631 g/mol. The van der Waals surface area contributed by atoms with Gasteiger partial charge in [0.2, 0.25) is 9.84 Å². The molecule has 4 rings (SSSR count). The highest BCUT2D eigenvalue weighted by atomic mass is 35.5. The molecule has 1 aliphatic heterocycles. The van der Waals surface area contributed by atoms with Gasteiger partial charge in [0.05, 0.1) is 15.5 Å². The molecule has 42 heavy (non-hydrogen) atoms. The Morgan fingerprint density at radius 1 is 0.976 bits per heavy atom. The van der Waals surface area contributed by atoms with Crippen LogP contribution in [0.25, 0.3) is 0 Å². The number of amides is 3. The summed E-state index contributed by atoms with van der Waals surface area (Å²) in [5.74, 6) is -0.461. The Morgan fingerprint density at radius 3 is 2.31 bits per heavy atom. The first-order valence-electron chi connectivity index (χ1n) is 13.9. The number of nitrogens with two attached hydrogens (primary N) is 1. The SMILES string of the molecule is CCN(CC)C(=O)Nc1ccc(S(=O)(=O)c2cc(Cl)cc3c2NC(=O)C3(NCCCCCN)c2ccccc2Cl)cc1. The Labute approximate surface area is 256 Å². The van der Waals surface area contributed by atoms with Crippen molar-refractivity contribution in [3.05, 3.63) is 81.8 Å². The molecule has 0 aliphatic carbocycles. The second-order valence-electron chi connectivity index (χ2n) is 9.92. The fourth-order valence-corrected chi connectivity index (χ4v) is 7.15. The van der Waals surface area contributed by atoms with Crippen LogP contribution in [0.5, 0.6) is 0 Å². The average Bonchev–Trinajstić information content (AvgIpc) is 3.24. The van der Waals surface area contributed by atoms with Gasteiger partial charge in [0.15, 0.2) is 5.54 Å². The number of hydrogen-bond donors (Lipinski definition) is 4. The number of carbonyl (C=O) groups is 2. The molecule has 0 spiro atoms. The zero-order chi connectivity index (χ0) is 30.5. The molecule has 1 heterocycles. The zero-order valence-electron chi connectivity index (χ0n) is 23.5. The van der Waals surface area contributed by atoms with E-state index in [0.717, 1.165) is 19.3 Å². The Balaban J connectivity index is 1.77. The Morgan fingerprint density at radius 2 is 1.67 bits per heavy atom. The maximum Gasteiger partial charge on any atom is 0.321 e. The van der Waals surface area contributed by atoms with E-state index in [-0.39, 0.29) is 26.5 Å². The topological polar surface area (TPSA) is 134 Å². The molecule has 0 fully saturated rings. The summed E-state index contributed by atoms with van der Waals surface area (Å²) in [5, 5.41) is 9.46. The summed E-state index contributed by atoms with van der Waals surface area (Å²) in [7, 11) is -4.15. The van der Waals surface area contributed by atoms with E-state index in [4.69, 9.17) is 28.9 Å². The summed E-state index contributed by atoms with van der Waals surface area (Å²) in [6.07, 6.45) is 2.45. The van der Waals surface area contributed by atoms with E-state index in [9.17, 15) is 18.0 Å². The molecule has 9 nitrogen and oxygen atoms in total. The number of urea groups is 1. The van der Waals surface area contributed by atoms with Gasteiger partial charge >= 0.3 is 6.03 Å². The molecule has 224 valence electrons. The van der Waals surface area contributed by atoms with Gasteiger partial charge in [-0.3, -0.25) is 10.1 Å². The summed E-state index contributed by atoms with van der Waals surface area (Å²) in [6.45, 7) is 5.85. The van der Waals surface area contributed by atoms with Crippen molar-refractivity contribution in [1.82, 2.24) is 10.2 Å². The summed E-state index contributed by atoms with van der Waals surface area (Å²) < 4.78 is 27.9. The largest absolute Gasteiger partial charge is 0.330 e. The number of fused-ring (bicyclic) bond motifs is 1. The van der Waals surface area contributed by atoms with Crippen LogP contribution >= 0.6 is 23.2 Å². The molecule has 1 unspecified atom stereocenters. The van der Waals surface area contributed by atoms with Crippen molar-refractivity contribution in [1.29, 1.82) is 0 Å². The highest BCUT2D eigenvalue weighted by Crippen LogP contribution is 2.48. The van der Waals surface area contributed by atoms with Crippen molar-refractivity contribution in [2.75, 3.05) is 36.8 Å². The summed E-state index contributed by atoms with van der Waals surface area (Å²) in [5.41, 5.74) is 5.61. The summed E-state index contributed by atoms with van der Waals surface area (Å²) >= 11 is 13.2. The Hall–Kier alpha value is -3.15. The third-order valence-corrected chi connectivity index (χ3v) is 9.70. The van der Waals surface area contributed by atoms with Crippen LogP contribution < -0.4 is 21.7 Å². The van der Waals surface area contributed by atoms with E-state index < -0.39 is 21.3 Å². The molecule has 0 saturated heterocycles. The first-order valence-corrected chi connectivity index (χ1v) is 16.1. The molecule has 0 bridgehead atoms. The van der Waals surface area contributed by atoms with Gasteiger partial charge < -0.3 is 21.3 Å². The predicted molar refractivity (Wildman–Crippen MR) is 167 cm³/mol. The second-order valence-corrected chi connectivity index (χ2v) is 12.7. The Kier molecular flexibility index (Phi) is 10.2. The molecule has 0 radical (unpaired) electrons. The molecule has 5 N–H and O–H groups in total. The fourth-order valence-electron chi connectivity index (χ4n) is 5.13. The van der Waals surface area contributed by atoms with Gasteiger partial charge in [-0.15, -0.1) is 0 Å². The van der Waals surface area contributed by atoms with Crippen molar-refractivity contribution in [2.24, 2.45) is 5.73 Å². The highest BCUT2D eigenvalue weighted by molar-refractivity contribution is 7.91. The molecule has 12 heteroatoms. The molecule has 1 aliphatic rings. The van der Waals surface area contributed by atoms with E-state index in [1.54, 1.807) is 35.2 Å². The average molecular weight is 633 g/mol. The number of benzene rings is 3. The molecule has 3 aromatic carbocycles. The number of halogens is 2. The van der Waals surface area contributed by atoms with Crippen molar-refractivity contribution >= 4 is 56.4 Å². The number of hydrogen-bond acceptors (Lipinski definition) is 6. The number of nitrogens with zero attached hydrogens (tertiary/aromatic N) is 1. The van der Waals surface area contributed by atoms with Gasteiger partial charge in [0.25, 0.3) is 5.91 Å². The van der Waals surface area contributed by atoms with E-state index in [1.165, 1.54) is 30.3 Å². The van der Waals surface area contributed by atoms with E-state index in [1.807, 2.05) is 13.8 Å². The van der Waals surface area contributed by atoms with Crippen molar-refractivity contribution in [3.8, 4) is 0 Å². The van der Waals surface area contributed by atoms with Crippen molar-refractivity contribution in [2.45, 2.75) is 48.4 Å². The van der Waals surface area contributed by atoms with Crippen LogP contribution in [0, 0.1) is 0 Å². The van der Waals surface area contributed by atoms with Crippen LogP contribution in [0.1, 0.15) is 44.2 Å². The molecule has 3 aromatic rings. The number of anilines is 2. The van der Waals surface area contributed by atoms with Gasteiger partial charge in [-0.25, -0.2) is 13.2 Å². The van der Waals surface area contributed by atoms with Gasteiger partial charge in [-0.1, -0.05) is 47.8 Å². The molecule has 0 aromatic heterocycles. The number of unbranched alkanes of at least 4 members (excludes halogenated alkanes) is 2. The van der Waals surface area contributed by atoms with Gasteiger partial charge in [-0.05, 0) is 82.2 Å². The minimum atomic E-state index is -4.15. The van der Waals surface area contributed by atoms with Crippen LogP contribution in [0.3, 0.4) is 0 Å². The first kappa shape index (κ1) is 31.8. The summed E-state index contributed by atoms with van der Waals surface area (Å²) in [4.78, 5) is 27.7. The second kappa shape index (κ2) is 13.4. The molecule has 3 amide bonds. The maximum absolute atomic E-state index is 14.0. The van der Waals surface area contributed by atoms with Gasteiger partial charge in [0, 0.05) is 39.9 Å². The van der Waals surface area contributed by atoms with Crippen molar-refractivity contribution in [3.63, 3.8) is 0 Å². The first-order chi connectivity index (χ1) is 20.1. The lowest BCUT2D eigenvalue weighted by Crippen LogP contribution is -2.49. The minimum absolute atomic E-state index is 0.0213. The van der Waals surface area contributed by atoms with Crippen LogP contribution in [0.15, 0.2) is 70.5 Å². The van der Waals surface area contributed by atoms with E-state index >= 15 is 0 Å². The molecule has 0 saturated carbocycles. The third kappa shape index (κ3) is 6.14. The van der Waals surface area contributed by atoms with Crippen LogP contribution in [-0.2, 0) is 20.2 Å². The van der Waals surface area contributed by atoms with Crippen LogP contribution in [-0.4, -0.2) is 51.4 Å². The third-order valence-electron chi connectivity index (χ3n) is 7.36. The summed E-state index contributed by atoms with van der Waals surface area (Å²) in [6, 6.07) is 15.5. The zero-order valence-corrected chi connectivity index (χ0v) is 25.9. The molecular weight excluding hydrogens is 597 g/mol. The van der Waals surface area contributed by atoms with Crippen LogP contribution in [0.2, 0.25) is 10.0 Å². The lowest BCUT2D eigenvalue weighted by atomic mass is 9.83.